The number of allylic oxidation sites excluding steroid dienone is 1. The molecule has 0 bridgehead atoms. The normalized spacial score (nSPS) is 12.7. The van der Waals surface area contributed by atoms with Gasteiger partial charge < -0.3 is 9.84 Å². The van der Waals surface area contributed by atoms with Gasteiger partial charge in [0.1, 0.15) is 0 Å². The van der Waals surface area contributed by atoms with E-state index in [1.165, 1.54) is 38.5 Å². The Labute approximate surface area is 126 Å². The first-order chi connectivity index (χ1) is 9.27. The van der Waals surface area contributed by atoms with E-state index in [4.69, 9.17) is 4.74 Å². The number of rotatable bonds is 13. The molecule has 0 heterocycles. The molecule has 0 spiro atoms. The molecule has 0 rings (SSSR count). The molecule has 2 nitrogen and oxygen atoms in total. The Kier molecular flexibility index (Phi) is 10.2. The van der Waals surface area contributed by atoms with Gasteiger partial charge in [0.15, 0.2) is 0 Å². The van der Waals surface area contributed by atoms with Crippen molar-refractivity contribution in [2.75, 3.05) is 6.61 Å². The Balaban J connectivity index is 3.49. The lowest BCUT2D eigenvalue weighted by Crippen LogP contribution is -2.28. The summed E-state index contributed by atoms with van der Waals surface area (Å²) in [5.41, 5.74) is -0.685. The van der Waals surface area contributed by atoms with E-state index in [0.717, 1.165) is 12.8 Å². The predicted molar refractivity (Wildman–Crippen MR) is 88.1 cm³/mol. The van der Waals surface area contributed by atoms with Gasteiger partial charge in [0.25, 0.3) is 0 Å². The maximum Gasteiger partial charge on any atom is 0.0626 e. The topological polar surface area (TPSA) is 29.5 Å². The lowest BCUT2D eigenvalue weighted by molar-refractivity contribution is -0.0509. The van der Waals surface area contributed by atoms with E-state index < -0.39 is 5.60 Å². The monoisotopic (exact) mass is 284 g/mol. The van der Waals surface area contributed by atoms with Crippen molar-refractivity contribution in [3.63, 3.8) is 0 Å². The zero-order chi connectivity index (χ0) is 15.5. The van der Waals surface area contributed by atoms with Crippen LogP contribution < -0.4 is 0 Å². The zero-order valence-electron chi connectivity index (χ0n) is 14.2. The lowest BCUT2D eigenvalue weighted by atomic mass is 9.98. The summed E-state index contributed by atoms with van der Waals surface area (Å²) >= 11 is 0. The summed E-state index contributed by atoms with van der Waals surface area (Å²) in [4.78, 5) is 0. The fourth-order valence-corrected chi connectivity index (χ4v) is 2.20. The van der Waals surface area contributed by atoms with Gasteiger partial charge in [-0.1, -0.05) is 38.2 Å². The van der Waals surface area contributed by atoms with Crippen LogP contribution in [0.3, 0.4) is 0 Å². The number of ether oxygens (including phenoxy) is 1. The highest BCUT2D eigenvalue weighted by Crippen LogP contribution is 2.21. The summed E-state index contributed by atoms with van der Waals surface area (Å²) in [6, 6.07) is 0. The Morgan fingerprint density at radius 1 is 0.900 bits per heavy atom. The van der Waals surface area contributed by atoms with Crippen molar-refractivity contribution in [1.82, 2.24) is 0 Å². The minimum atomic E-state index is -0.623. The Morgan fingerprint density at radius 3 is 2.00 bits per heavy atom. The SMILES string of the molecule is C=CCCCCCCCCC(C)(C)OCCC(C)(C)O. The summed E-state index contributed by atoms with van der Waals surface area (Å²) < 4.78 is 5.89. The maximum atomic E-state index is 9.66. The maximum absolute atomic E-state index is 9.66. The number of aliphatic hydroxyl groups is 1. The summed E-state index contributed by atoms with van der Waals surface area (Å²) in [5, 5.41) is 9.66. The molecule has 1 N–H and O–H groups in total. The van der Waals surface area contributed by atoms with E-state index in [1.807, 2.05) is 19.9 Å². The highest BCUT2D eigenvalue weighted by molar-refractivity contribution is 4.71. The van der Waals surface area contributed by atoms with Gasteiger partial charge in [0, 0.05) is 0 Å². The summed E-state index contributed by atoms with van der Waals surface area (Å²) in [6.07, 6.45) is 12.8. The van der Waals surface area contributed by atoms with Crippen LogP contribution in [0.4, 0.5) is 0 Å². The molecule has 0 aromatic rings. The molecule has 0 aliphatic rings. The van der Waals surface area contributed by atoms with Gasteiger partial charge in [0.2, 0.25) is 0 Å². The van der Waals surface area contributed by atoms with Crippen molar-refractivity contribution in [1.29, 1.82) is 0 Å². The van der Waals surface area contributed by atoms with Crippen LogP contribution in [0, 0.1) is 0 Å². The van der Waals surface area contributed by atoms with E-state index >= 15 is 0 Å². The molecule has 0 aliphatic heterocycles. The van der Waals surface area contributed by atoms with Gasteiger partial charge >= 0.3 is 0 Å². The van der Waals surface area contributed by atoms with Crippen LogP contribution in [-0.2, 0) is 4.74 Å². The molecule has 2 heteroatoms. The Bertz CT molecular complexity index is 238. The van der Waals surface area contributed by atoms with Gasteiger partial charge in [0.05, 0.1) is 17.8 Å². The van der Waals surface area contributed by atoms with Crippen LogP contribution in [0.5, 0.6) is 0 Å². The first-order valence-electron chi connectivity index (χ1n) is 8.24. The first-order valence-corrected chi connectivity index (χ1v) is 8.24. The highest BCUT2D eigenvalue weighted by Gasteiger charge is 2.20. The molecule has 0 fully saturated rings. The largest absolute Gasteiger partial charge is 0.390 e. The third kappa shape index (κ3) is 14.1. The van der Waals surface area contributed by atoms with Gasteiger partial charge in [-0.25, -0.2) is 0 Å². The van der Waals surface area contributed by atoms with Crippen LogP contribution in [0.2, 0.25) is 0 Å². The number of unbranched alkanes of at least 4 members (excludes halogenated alkanes) is 6. The Hall–Kier alpha value is -0.340. The quantitative estimate of drug-likeness (QED) is 0.370. The minimum Gasteiger partial charge on any atom is -0.390 e. The van der Waals surface area contributed by atoms with Crippen molar-refractivity contribution < 1.29 is 9.84 Å². The lowest BCUT2D eigenvalue weighted by Gasteiger charge is -2.27. The Morgan fingerprint density at radius 2 is 1.45 bits per heavy atom. The molecule has 0 saturated heterocycles. The van der Waals surface area contributed by atoms with Crippen molar-refractivity contribution in [3.8, 4) is 0 Å². The van der Waals surface area contributed by atoms with Crippen molar-refractivity contribution >= 4 is 0 Å². The molecule has 0 aliphatic carbocycles. The summed E-state index contributed by atoms with van der Waals surface area (Å²) in [5.74, 6) is 0. The van der Waals surface area contributed by atoms with Crippen LogP contribution >= 0.6 is 0 Å². The number of hydrogen-bond donors (Lipinski definition) is 1. The molecule has 0 saturated carbocycles. The molecule has 120 valence electrons. The average molecular weight is 284 g/mol. The first kappa shape index (κ1) is 19.7. The second-order valence-corrected chi connectivity index (χ2v) is 7.12. The molecule has 0 unspecified atom stereocenters. The van der Waals surface area contributed by atoms with E-state index in [2.05, 4.69) is 20.4 Å². The molecular weight excluding hydrogens is 248 g/mol. The smallest absolute Gasteiger partial charge is 0.0626 e. The fourth-order valence-electron chi connectivity index (χ4n) is 2.20. The third-order valence-electron chi connectivity index (χ3n) is 3.64. The summed E-state index contributed by atoms with van der Waals surface area (Å²) in [6.45, 7) is 12.3. The highest BCUT2D eigenvalue weighted by atomic mass is 16.5. The van der Waals surface area contributed by atoms with E-state index in [-0.39, 0.29) is 5.60 Å². The average Bonchev–Trinajstić information content (AvgIpc) is 2.30. The number of hydrogen-bond acceptors (Lipinski definition) is 2. The van der Waals surface area contributed by atoms with Gasteiger partial charge in [-0.05, 0) is 53.4 Å². The summed E-state index contributed by atoms with van der Waals surface area (Å²) in [7, 11) is 0. The van der Waals surface area contributed by atoms with Crippen LogP contribution in [-0.4, -0.2) is 22.9 Å². The predicted octanol–water partition coefficient (Wildman–Crippen LogP) is 5.25. The zero-order valence-corrected chi connectivity index (χ0v) is 14.2. The standard InChI is InChI=1S/C18H36O2/c1-6-7-8-9-10-11-12-13-14-18(4,5)20-16-15-17(2,3)19/h6,19H,1,7-16H2,2-5H3. The third-order valence-corrected chi connectivity index (χ3v) is 3.64. The van der Waals surface area contributed by atoms with Gasteiger partial charge in [-0.15, -0.1) is 6.58 Å². The van der Waals surface area contributed by atoms with E-state index in [0.29, 0.717) is 13.0 Å². The molecule has 0 atom stereocenters. The fraction of sp³-hybridized carbons (Fsp3) is 0.889. The van der Waals surface area contributed by atoms with E-state index in [9.17, 15) is 5.11 Å². The second kappa shape index (κ2) is 10.4. The molecule has 0 amide bonds. The van der Waals surface area contributed by atoms with Crippen LogP contribution in [0.15, 0.2) is 12.7 Å². The van der Waals surface area contributed by atoms with Crippen molar-refractivity contribution in [3.05, 3.63) is 12.7 Å². The molecular formula is C18H36O2. The second-order valence-electron chi connectivity index (χ2n) is 7.12. The van der Waals surface area contributed by atoms with Crippen LogP contribution in [0.1, 0.15) is 85.5 Å². The molecule has 0 radical (unpaired) electrons. The van der Waals surface area contributed by atoms with Crippen molar-refractivity contribution in [2.45, 2.75) is 96.7 Å². The molecule has 0 aromatic heterocycles. The molecule has 20 heavy (non-hydrogen) atoms. The van der Waals surface area contributed by atoms with Gasteiger partial charge in [-0.2, -0.15) is 0 Å². The van der Waals surface area contributed by atoms with E-state index in [1.54, 1.807) is 0 Å². The minimum absolute atomic E-state index is 0.0614. The molecule has 0 aromatic carbocycles. The van der Waals surface area contributed by atoms with Crippen LogP contribution in [0.25, 0.3) is 0 Å². The van der Waals surface area contributed by atoms with Gasteiger partial charge in [-0.3, -0.25) is 0 Å². The van der Waals surface area contributed by atoms with Crippen molar-refractivity contribution in [2.24, 2.45) is 0 Å².